The summed E-state index contributed by atoms with van der Waals surface area (Å²) in [5, 5.41) is 12.3. The second-order valence-corrected chi connectivity index (χ2v) is 6.73. The van der Waals surface area contributed by atoms with Crippen LogP contribution in [0.4, 0.5) is 0 Å². The molecule has 1 saturated carbocycles. The lowest BCUT2D eigenvalue weighted by Crippen LogP contribution is -2.44. The van der Waals surface area contributed by atoms with E-state index in [0.717, 1.165) is 17.9 Å². The monoisotopic (exact) mass is 283 g/mol. The standard InChI is InChI=1S/C14H21NO3S/c1-3-19-7-8(2)15-13(16)11-9-4-5-10(6-9)12(11)14(17)18/h4-5,8-12H,3,6-7H2,1-2H3,(H,15,16)(H,17,18)/t8?,9?,10?,11-,12+/m0/s1. The molecule has 0 aromatic heterocycles. The third-order valence-electron chi connectivity index (χ3n) is 4.01. The smallest absolute Gasteiger partial charge is 0.307 e. The molecule has 0 radical (unpaired) electrons. The lowest BCUT2D eigenvalue weighted by molar-refractivity contribution is -0.147. The summed E-state index contributed by atoms with van der Waals surface area (Å²) in [6.45, 7) is 4.06. The van der Waals surface area contributed by atoms with Crippen molar-refractivity contribution in [3.8, 4) is 0 Å². The van der Waals surface area contributed by atoms with E-state index in [4.69, 9.17) is 0 Å². The third-order valence-corrected chi connectivity index (χ3v) is 5.15. The van der Waals surface area contributed by atoms with Crippen LogP contribution in [-0.2, 0) is 9.59 Å². The predicted octanol–water partition coefficient (Wildman–Crippen LogP) is 1.77. The molecule has 2 N–H and O–H groups in total. The Morgan fingerprint density at radius 1 is 1.37 bits per heavy atom. The van der Waals surface area contributed by atoms with Crippen LogP contribution < -0.4 is 5.32 Å². The van der Waals surface area contributed by atoms with Gasteiger partial charge in [-0.3, -0.25) is 9.59 Å². The Labute approximate surface area is 118 Å². The molecule has 19 heavy (non-hydrogen) atoms. The van der Waals surface area contributed by atoms with Crippen molar-refractivity contribution < 1.29 is 14.7 Å². The van der Waals surface area contributed by atoms with Crippen molar-refractivity contribution in [2.24, 2.45) is 23.7 Å². The van der Waals surface area contributed by atoms with Gasteiger partial charge in [-0.25, -0.2) is 0 Å². The topological polar surface area (TPSA) is 66.4 Å². The minimum Gasteiger partial charge on any atom is -0.481 e. The van der Waals surface area contributed by atoms with E-state index in [-0.39, 0.29) is 29.7 Å². The number of hydrogen-bond acceptors (Lipinski definition) is 3. The van der Waals surface area contributed by atoms with Crippen LogP contribution in [0.5, 0.6) is 0 Å². The quantitative estimate of drug-likeness (QED) is 0.729. The maximum absolute atomic E-state index is 12.3. The summed E-state index contributed by atoms with van der Waals surface area (Å²) in [6.07, 6.45) is 4.79. The molecule has 0 saturated heterocycles. The highest BCUT2D eigenvalue weighted by Gasteiger charge is 2.51. The van der Waals surface area contributed by atoms with Crippen LogP contribution in [0, 0.1) is 23.7 Å². The summed E-state index contributed by atoms with van der Waals surface area (Å²) in [7, 11) is 0. The molecule has 5 heteroatoms. The molecular formula is C14H21NO3S. The highest BCUT2D eigenvalue weighted by molar-refractivity contribution is 7.99. The Kier molecular flexibility index (Phi) is 4.55. The molecule has 1 amide bonds. The zero-order valence-corrected chi connectivity index (χ0v) is 12.2. The van der Waals surface area contributed by atoms with Crippen LogP contribution in [0.2, 0.25) is 0 Å². The van der Waals surface area contributed by atoms with E-state index < -0.39 is 11.9 Å². The van der Waals surface area contributed by atoms with Gasteiger partial charge in [0.15, 0.2) is 0 Å². The zero-order valence-electron chi connectivity index (χ0n) is 11.3. The number of allylic oxidation sites excluding steroid dienone is 2. The van der Waals surface area contributed by atoms with Gasteiger partial charge in [0.25, 0.3) is 0 Å². The average molecular weight is 283 g/mol. The fourth-order valence-corrected chi connectivity index (χ4v) is 3.86. The van der Waals surface area contributed by atoms with Gasteiger partial charge in [0.1, 0.15) is 0 Å². The molecule has 0 aliphatic heterocycles. The number of hydrogen-bond donors (Lipinski definition) is 2. The van der Waals surface area contributed by atoms with Crippen molar-refractivity contribution >= 4 is 23.6 Å². The Bertz CT molecular complexity index is 396. The van der Waals surface area contributed by atoms with Gasteiger partial charge in [0, 0.05) is 11.8 Å². The Morgan fingerprint density at radius 3 is 2.58 bits per heavy atom. The number of aliphatic carboxylic acids is 1. The summed E-state index contributed by atoms with van der Waals surface area (Å²) in [5.41, 5.74) is 0. The lowest BCUT2D eigenvalue weighted by Gasteiger charge is -2.25. The molecule has 2 rings (SSSR count). The fourth-order valence-electron chi connectivity index (χ4n) is 3.19. The highest BCUT2D eigenvalue weighted by Crippen LogP contribution is 2.48. The molecule has 2 aliphatic carbocycles. The van der Waals surface area contributed by atoms with E-state index in [1.54, 1.807) is 11.8 Å². The van der Waals surface area contributed by atoms with E-state index in [1.807, 2.05) is 19.1 Å². The zero-order chi connectivity index (χ0) is 14.0. The maximum atomic E-state index is 12.3. The molecule has 0 heterocycles. The number of fused-ring (bicyclic) bond motifs is 2. The first-order chi connectivity index (χ1) is 9.04. The summed E-state index contributed by atoms with van der Waals surface area (Å²) < 4.78 is 0. The normalized spacial score (nSPS) is 33.4. The summed E-state index contributed by atoms with van der Waals surface area (Å²) in [5.74, 6) is 0.185. The molecule has 0 aromatic rings. The lowest BCUT2D eigenvalue weighted by atomic mass is 9.82. The molecule has 0 aromatic carbocycles. The minimum atomic E-state index is -0.840. The summed E-state index contributed by atoms with van der Waals surface area (Å²) >= 11 is 1.78. The molecule has 4 nitrogen and oxygen atoms in total. The van der Waals surface area contributed by atoms with Crippen LogP contribution in [-0.4, -0.2) is 34.5 Å². The van der Waals surface area contributed by atoms with E-state index in [2.05, 4.69) is 12.2 Å². The Hall–Kier alpha value is -0.970. The van der Waals surface area contributed by atoms with E-state index in [1.165, 1.54) is 0 Å². The van der Waals surface area contributed by atoms with Gasteiger partial charge < -0.3 is 10.4 Å². The average Bonchev–Trinajstić information content (AvgIpc) is 2.95. The first-order valence-corrected chi connectivity index (χ1v) is 7.99. The largest absolute Gasteiger partial charge is 0.481 e. The number of carboxylic acid groups (broad SMARTS) is 1. The number of carbonyl (C=O) groups excluding carboxylic acids is 1. The van der Waals surface area contributed by atoms with Gasteiger partial charge in [-0.05, 0) is 30.9 Å². The molecule has 5 atom stereocenters. The van der Waals surface area contributed by atoms with Crippen molar-refractivity contribution in [3.63, 3.8) is 0 Å². The van der Waals surface area contributed by atoms with Crippen LogP contribution in [0.15, 0.2) is 12.2 Å². The fraction of sp³-hybridized carbons (Fsp3) is 0.714. The number of nitrogens with one attached hydrogen (secondary N) is 1. The SMILES string of the molecule is CCSCC(C)NC(=O)[C@H]1C2C=CC(C2)[C@H]1C(=O)O. The van der Waals surface area contributed by atoms with Gasteiger partial charge >= 0.3 is 5.97 Å². The first kappa shape index (κ1) is 14.4. The number of carboxylic acids is 1. The van der Waals surface area contributed by atoms with Gasteiger partial charge in [-0.15, -0.1) is 0 Å². The van der Waals surface area contributed by atoms with Crippen LogP contribution >= 0.6 is 11.8 Å². The Balaban J connectivity index is 1.98. The van der Waals surface area contributed by atoms with Gasteiger partial charge in [-0.2, -0.15) is 11.8 Å². The van der Waals surface area contributed by atoms with E-state index in [0.29, 0.717) is 0 Å². The molecule has 2 bridgehead atoms. The molecular weight excluding hydrogens is 262 g/mol. The highest BCUT2D eigenvalue weighted by atomic mass is 32.2. The van der Waals surface area contributed by atoms with Crippen molar-refractivity contribution in [2.75, 3.05) is 11.5 Å². The molecule has 0 spiro atoms. The van der Waals surface area contributed by atoms with Crippen LogP contribution in [0.25, 0.3) is 0 Å². The minimum absolute atomic E-state index is 0.0403. The van der Waals surface area contributed by atoms with Gasteiger partial charge in [-0.1, -0.05) is 19.1 Å². The second-order valence-electron chi connectivity index (χ2n) is 5.41. The molecule has 1 fully saturated rings. The van der Waals surface area contributed by atoms with Crippen LogP contribution in [0.3, 0.4) is 0 Å². The van der Waals surface area contributed by atoms with Gasteiger partial charge in [0.05, 0.1) is 11.8 Å². The van der Waals surface area contributed by atoms with Gasteiger partial charge in [0.2, 0.25) is 5.91 Å². The third kappa shape index (κ3) is 2.96. The van der Waals surface area contributed by atoms with Crippen molar-refractivity contribution in [1.29, 1.82) is 0 Å². The van der Waals surface area contributed by atoms with E-state index in [9.17, 15) is 14.7 Å². The number of thioether (sulfide) groups is 1. The predicted molar refractivity (Wildman–Crippen MR) is 76.0 cm³/mol. The summed E-state index contributed by atoms with van der Waals surface area (Å²) in [6, 6.07) is 0.0926. The first-order valence-electron chi connectivity index (χ1n) is 6.83. The molecule has 3 unspecified atom stereocenters. The van der Waals surface area contributed by atoms with E-state index >= 15 is 0 Å². The summed E-state index contributed by atoms with van der Waals surface area (Å²) in [4.78, 5) is 23.7. The van der Waals surface area contributed by atoms with Crippen molar-refractivity contribution in [1.82, 2.24) is 5.32 Å². The molecule has 2 aliphatic rings. The number of amides is 1. The number of carbonyl (C=O) groups is 2. The van der Waals surface area contributed by atoms with Crippen molar-refractivity contribution in [3.05, 3.63) is 12.2 Å². The Morgan fingerprint density at radius 2 is 2.00 bits per heavy atom. The van der Waals surface area contributed by atoms with Crippen LogP contribution in [0.1, 0.15) is 20.3 Å². The molecule has 106 valence electrons. The van der Waals surface area contributed by atoms with Crippen molar-refractivity contribution in [2.45, 2.75) is 26.3 Å². The number of rotatable bonds is 6. The second kappa shape index (κ2) is 5.99. The maximum Gasteiger partial charge on any atom is 0.307 e.